The summed E-state index contributed by atoms with van der Waals surface area (Å²) in [5, 5.41) is 4.60. The van der Waals surface area contributed by atoms with E-state index in [4.69, 9.17) is 0 Å². The number of nitrogens with one attached hydrogen (secondary N) is 1. The lowest BCUT2D eigenvalue weighted by Gasteiger charge is -2.26. The first-order chi connectivity index (χ1) is 17.8. The first kappa shape index (κ1) is 24.3. The van der Waals surface area contributed by atoms with Crippen molar-refractivity contribution in [2.75, 3.05) is 4.90 Å². The number of hydrogen-bond donors (Lipinski definition) is 1. The van der Waals surface area contributed by atoms with Gasteiger partial charge >= 0.3 is 6.03 Å². The average Bonchev–Trinajstić information content (AvgIpc) is 3.18. The molecule has 186 valence electrons. The van der Waals surface area contributed by atoms with Crippen molar-refractivity contribution in [2.24, 2.45) is 0 Å². The number of aromatic nitrogens is 1. The maximum Gasteiger partial charge on any atom is 0.335 e. The van der Waals surface area contributed by atoms with Crippen LogP contribution in [-0.4, -0.2) is 22.4 Å². The first-order valence-corrected chi connectivity index (χ1v) is 12.5. The molecule has 1 saturated heterocycles. The Bertz CT molecular complexity index is 1580. The van der Waals surface area contributed by atoms with Crippen molar-refractivity contribution in [1.29, 1.82) is 0 Å². The summed E-state index contributed by atoms with van der Waals surface area (Å²) in [5.74, 6) is -0.964. The summed E-state index contributed by atoms with van der Waals surface area (Å²) in [6.07, 6.45) is 2.56. The molecule has 1 N–H and O–H groups in total. The Labute approximate surface area is 216 Å². The van der Waals surface area contributed by atoms with E-state index in [1.165, 1.54) is 0 Å². The molecule has 0 aliphatic carbocycles. The molecule has 1 fully saturated rings. The fraction of sp³-hybridized carbons (Fsp3) is 0.194. The molecule has 37 heavy (non-hydrogen) atoms. The van der Waals surface area contributed by atoms with E-state index in [1.54, 1.807) is 18.2 Å². The molecule has 6 nitrogen and oxygen atoms in total. The second-order valence-electron chi connectivity index (χ2n) is 9.55. The van der Waals surface area contributed by atoms with Gasteiger partial charge in [-0.05, 0) is 84.5 Å². The van der Waals surface area contributed by atoms with E-state index in [2.05, 4.69) is 54.1 Å². The Morgan fingerprint density at radius 1 is 0.865 bits per heavy atom. The van der Waals surface area contributed by atoms with Crippen molar-refractivity contribution in [3.8, 4) is 5.69 Å². The lowest BCUT2D eigenvalue weighted by atomic mass is 9.98. The van der Waals surface area contributed by atoms with Gasteiger partial charge in [0.25, 0.3) is 11.8 Å². The van der Waals surface area contributed by atoms with Crippen molar-refractivity contribution in [2.45, 2.75) is 40.0 Å². The van der Waals surface area contributed by atoms with E-state index >= 15 is 0 Å². The topological polar surface area (TPSA) is 71.4 Å². The highest BCUT2D eigenvalue weighted by Gasteiger charge is 2.37. The molecule has 6 heteroatoms. The first-order valence-electron chi connectivity index (χ1n) is 12.5. The number of amides is 4. The third kappa shape index (κ3) is 4.35. The fourth-order valence-corrected chi connectivity index (χ4v) is 4.88. The number of hydrogen-bond acceptors (Lipinski definition) is 3. The van der Waals surface area contributed by atoms with Crippen LogP contribution in [-0.2, 0) is 9.59 Å². The maximum atomic E-state index is 13.4. The number of carbonyl (C=O) groups excluding carboxylic acids is 3. The predicted octanol–water partition coefficient (Wildman–Crippen LogP) is 6.43. The van der Waals surface area contributed by atoms with Crippen LogP contribution < -0.4 is 10.2 Å². The quantitative estimate of drug-likeness (QED) is 0.258. The number of urea groups is 1. The molecular weight excluding hydrogens is 462 g/mol. The monoisotopic (exact) mass is 491 g/mol. The van der Waals surface area contributed by atoms with Crippen molar-refractivity contribution in [3.05, 3.63) is 101 Å². The number of carbonyl (C=O) groups is 3. The van der Waals surface area contributed by atoms with Crippen LogP contribution in [0.25, 0.3) is 22.5 Å². The van der Waals surface area contributed by atoms with Crippen LogP contribution in [0.3, 0.4) is 0 Å². The molecule has 0 bridgehead atoms. The normalized spacial score (nSPS) is 15.9. The van der Waals surface area contributed by atoms with E-state index in [-0.39, 0.29) is 5.57 Å². The molecule has 1 aliphatic heterocycles. The molecule has 1 atom stereocenters. The molecule has 5 rings (SSSR count). The standard InChI is InChI=1S/C31H29N3O3/c1-5-19(2)22-10-13-26(14-11-22)34-30(36)28(29(35)32-31(34)37)18-25-16-20(3)33(21(25)4)27-15-12-23-8-6-7-9-24(23)17-27/h6-19H,5H2,1-4H3,(H,32,35,37)/b28-18-. The van der Waals surface area contributed by atoms with Crippen LogP contribution in [0.15, 0.2) is 78.4 Å². The number of aryl methyl sites for hydroxylation is 1. The fourth-order valence-electron chi connectivity index (χ4n) is 4.88. The number of nitrogens with zero attached hydrogens (tertiary/aromatic N) is 2. The summed E-state index contributed by atoms with van der Waals surface area (Å²) in [6.45, 7) is 8.18. The number of rotatable bonds is 5. The van der Waals surface area contributed by atoms with Gasteiger partial charge in [-0.2, -0.15) is 0 Å². The van der Waals surface area contributed by atoms with E-state index in [0.29, 0.717) is 11.6 Å². The smallest absolute Gasteiger partial charge is 0.318 e. The van der Waals surface area contributed by atoms with Crippen LogP contribution in [0.4, 0.5) is 10.5 Å². The average molecular weight is 492 g/mol. The van der Waals surface area contributed by atoms with E-state index in [9.17, 15) is 14.4 Å². The number of fused-ring (bicyclic) bond motifs is 1. The minimum atomic E-state index is -0.745. The van der Waals surface area contributed by atoms with Crippen LogP contribution in [0.1, 0.15) is 48.7 Å². The second-order valence-corrected chi connectivity index (χ2v) is 9.55. The van der Waals surface area contributed by atoms with Gasteiger partial charge in [-0.1, -0.05) is 56.3 Å². The minimum Gasteiger partial charge on any atom is -0.318 e. The third-order valence-corrected chi connectivity index (χ3v) is 7.20. The predicted molar refractivity (Wildman–Crippen MR) is 147 cm³/mol. The van der Waals surface area contributed by atoms with Gasteiger partial charge in [0.2, 0.25) is 0 Å². The number of anilines is 1. The SMILES string of the molecule is CCC(C)c1ccc(N2C(=O)NC(=O)/C(=C/c3cc(C)n(-c4ccc5ccccc5c4)c3C)C2=O)cc1. The van der Waals surface area contributed by atoms with Gasteiger partial charge in [-0.15, -0.1) is 0 Å². The minimum absolute atomic E-state index is 0.0793. The molecule has 4 aromatic rings. The van der Waals surface area contributed by atoms with Crippen LogP contribution >= 0.6 is 0 Å². The molecule has 1 aromatic heterocycles. The summed E-state index contributed by atoms with van der Waals surface area (Å²) >= 11 is 0. The third-order valence-electron chi connectivity index (χ3n) is 7.20. The van der Waals surface area contributed by atoms with Crippen molar-refractivity contribution in [1.82, 2.24) is 9.88 Å². The van der Waals surface area contributed by atoms with E-state index < -0.39 is 17.8 Å². The summed E-state index contributed by atoms with van der Waals surface area (Å²) in [6, 6.07) is 23.0. The van der Waals surface area contributed by atoms with Crippen molar-refractivity contribution < 1.29 is 14.4 Å². The molecule has 1 unspecified atom stereocenters. The van der Waals surface area contributed by atoms with Gasteiger partial charge < -0.3 is 4.57 Å². The summed E-state index contributed by atoms with van der Waals surface area (Å²) in [5.41, 5.74) is 5.07. The second kappa shape index (κ2) is 9.54. The van der Waals surface area contributed by atoms with E-state index in [1.807, 2.05) is 44.2 Å². The van der Waals surface area contributed by atoms with Gasteiger partial charge in [-0.25, -0.2) is 9.69 Å². The number of imide groups is 2. The van der Waals surface area contributed by atoms with Gasteiger partial charge in [0.05, 0.1) is 5.69 Å². The molecular formula is C31H29N3O3. The Kier molecular flexibility index (Phi) is 6.25. The largest absolute Gasteiger partial charge is 0.335 e. The van der Waals surface area contributed by atoms with Gasteiger partial charge in [0, 0.05) is 17.1 Å². The molecule has 0 radical (unpaired) electrons. The zero-order valence-corrected chi connectivity index (χ0v) is 21.4. The Morgan fingerprint density at radius 2 is 1.54 bits per heavy atom. The molecule has 2 heterocycles. The van der Waals surface area contributed by atoms with Crippen LogP contribution in [0.5, 0.6) is 0 Å². The zero-order chi connectivity index (χ0) is 26.3. The Balaban J connectivity index is 1.51. The number of barbiturate groups is 1. The van der Waals surface area contributed by atoms with E-state index in [0.717, 1.165) is 50.3 Å². The highest BCUT2D eigenvalue weighted by atomic mass is 16.2. The Morgan fingerprint density at radius 3 is 2.24 bits per heavy atom. The highest BCUT2D eigenvalue weighted by Crippen LogP contribution is 2.28. The maximum absolute atomic E-state index is 13.4. The highest BCUT2D eigenvalue weighted by molar-refractivity contribution is 6.39. The van der Waals surface area contributed by atoms with Crippen LogP contribution in [0.2, 0.25) is 0 Å². The molecule has 1 aliphatic rings. The summed E-state index contributed by atoms with van der Waals surface area (Å²) in [7, 11) is 0. The van der Waals surface area contributed by atoms with Crippen LogP contribution in [0, 0.1) is 13.8 Å². The zero-order valence-electron chi connectivity index (χ0n) is 21.4. The van der Waals surface area contributed by atoms with Gasteiger partial charge in [-0.3, -0.25) is 14.9 Å². The Hall–Kier alpha value is -4.45. The van der Waals surface area contributed by atoms with Gasteiger partial charge in [0.1, 0.15) is 5.57 Å². The summed E-state index contributed by atoms with van der Waals surface area (Å²) < 4.78 is 2.10. The molecule has 0 saturated carbocycles. The van der Waals surface area contributed by atoms with Crippen molar-refractivity contribution in [3.63, 3.8) is 0 Å². The number of benzene rings is 3. The lowest BCUT2D eigenvalue weighted by Crippen LogP contribution is -2.54. The van der Waals surface area contributed by atoms with Gasteiger partial charge in [0.15, 0.2) is 0 Å². The molecule has 0 spiro atoms. The molecule has 3 aromatic carbocycles. The molecule has 4 amide bonds. The van der Waals surface area contributed by atoms with Crippen molar-refractivity contribution >= 4 is 40.4 Å². The summed E-state index contributed by atoms with van der Waals surface area (Å²) in [4.78, 5) is 39.8. The lowest BCUT2D eigenvalue weighted by molar-refractivity contribution is -0.122.